The van der Waals surface area contributed by atoms with Crippen LogP contribution in [0.25, 0.3) is 0 Å². The van der Waals surface area contributed by atoms with Crippen molar-refractivity contribution in [3.63, 3.8) is 0 Å². The zero-order valence-corrected chi connectivity index (χ0v) is 8.74. The Balaban J connectivity index is 1.78. The van der Waals surface area contributed by atoms with Crippen LogP contribution in [0.3, 0.4) is 0 Å². The Morgan fingerprint density at radius 2 is 2.40 bits per heavy atom. The predicted molar refractivity (Wildman–Crippen MR) is 61.5 cm³/mol. The number of nitrogens with two attached hydrogens (primary N) is 1. The second-order valence-electron chi connectivity index (χ2n) is 3.73. The van der Waals surface area contributed by atoms with E-state index < -0.39 is 0 Å². The Hall–Kier alpha value is -1.58. The number of nitrogens with zero attached hydrogens (tertiary/aromatic N) is 2. The van der Waals surface area contributed by atoms with Gasteiger partial charge in [0.25, 0.3) is 0 Å². The molecule has 0 aliphatic heterocycles. The van der Waals surface area contributed by atoms with Gasteiger partial charge in [-0.2, -0.15) is 4.98 Å². The molecule has 0 bridgehead atoms. The normalized spacial score (nSPS) is 15.1. The van der Waals surface area contributed by atoms with Gasteiger partial charge in [-0.15, -0.1) is 0 Å². The zero-order chi connectivity index (χ0) is 10.5. The van der Waals surface area contributed by atoms with E-state index in [2.05, 4.69) is 21.4 Å². The van der Waals surface area contributed by atoms with Crippen molar-refractivity contribution in [3.05, 3.63) is 23.9 Å². The van der Waals surface area contributed by atoms with Crippen LogP contribution in [0.4, 0.5) is 11.8 Å². The number of rotatable bonds is 4. The molecular formula is C11H16N4. The number of aromatic nitrogens is 2. The molecule has 1 aliphatic carbocycles. The van der Waals surface area contributed by atoms with Gasteiger partial charge >= 0.3 is 0 Å². The first kappa shape index (κ1) is 9.96. The van der Waals surface area contributed by atoms with Crippen molar-refractivity contribution in [3.8, 4) is 0 Å². The van der Waals surface area contributed by atoms with Gasteiger partial charge in [-0.25, -0.2) is 4.98 Å². The molecule has 4 heteroatoms. The number of nitrogens with one attached hydrogen (secondary N) is 1. The summed E-state index contributed by atoms with van der Waals surface area (Å²) in [4.78, 5) is 7.91. The molecular weight excluding hydrogens is 188 g/mol. The molecule has 0 aromatic carbocycles. The third-order valence-electron chi connectivity index (χ3n) is 2.56. The lowest BCUT2D eigenvalue weighted by Gasteiger charge is -2.05. The molecule has 15 heavy (non-hydrogen) atoms. The van der Waals surface area contributed by atoms with Gasteiger partial charge in [-0.3, -0.25) is 0 Å². The van der Waals surface area contributed by atoms with E-state index in [1.807, 2.05) is 6.07 Å². The number of anilines is 2. The van der Waals surface area contributed by atoms with Crippen molar-refractivity contribution >= 4 is 11.8 Å². The van der Waals surface area contributed by atoms with Crippen LogP contribution in [0.5, 0.6) is 0 Å². The van der Waals surface area contributed by atoms with Crippen molar-refractivity contribution < 1.29 is 0 Å². The Morgan fingerprint density at radius 1 is 1.47 bits per heavy atom. The van der Waals surface area contributed by atoms with E-state index in [1.165, 1.54) is 19.3 Å². The van der Waals surface area contributed by atoms with Crippen LogP contribution in [0.1, 0.15) is 25.7 Å². The molecule has 0 spiro atoms. The van der Waals surface area contributed by atoms with Gasteiger partial charge in [0.15, 0.2) is 0 Å². The van der Waals surface area contributed by atoms with E-state index in [0.29, 0.717) is 5.95 Å². The van der Waals surface area contributed by atoms with Crippen LogP contribution < -0.4 is 11.1 Å². The van der Waals surface area contributed by atoms with E-state index in [1.54, 1.807) is 11.8 Å². The van der Waals surface area contributed by atoms with Crippen molar-refractivity contribution in [2.75, 3.05) is 17.6 Å². The smallest absolute Gasteiger partial charge is 0.221 e. The van der Waals surface area contributed by atoms with Crippen LogP contribution in [-0.2, 0) is 0 Å². The van der Waals surface area contributed by atoms with Crippen LogP contribution in [0.2, 0.25) is 0 Å². The molecule has 0 atom stereocenters. The maximum absolute atomic E-state index is 5.48. The second kappa shape index (κ2) is 4.77. The Morgan fingerprint density at radius 3 is 3.13 bits per heavy atom. The van der Waals surface area contributed by atoms with Crippen molar-refractivity contribution in [1.29, 1.82) is 0 Å². The largest absolute Gasteiger partial charge is 0.370 e. The minimum atomic E-state index is 0.320. The standard InChI is InChI=1S/C11H16N4/c12-11-14-8-6-10(15-11)13-7-5-9-3-1-2-4-9/h3,6,8H,1-2,4-5,7H2,(H3,12,13,14,15). The number of nitrogen functional groups attached to an aromatic ring is 1. The van der Waals surface area contributed by atoms with Crippen molar-refractivity contribution in [2.24, 2.45) is 0 Å². The SMILES string of the molecule is Nc1nccc(NCCC2=CCCC2)n1. The lowest BCUT2D eigenvalue weighted by Crippen LogP contribution is -2.05. The lowest BCUT2D eigenvalue weighted by molar-refractivity contribution is 0.861. The molecule has 0 radical (unpaired) electrons. The minimum absolute atomic E-state index is 0.320. The fraction of sp³-hybridized carbons (Fsp3) is 0.455. The fourth-order valence-electron chi connectivity index (χ4n) is 1.79. The lowest BCUT2D eigenvalue weighted by atomic mass is 10.2. The maximum atomic E-state index is 5.48. The number of hydrogen-bond acceptors (Lipinski definition) is 4. The fourth-order valence-corrected chi connectivity index (χ4v) is 1.79. The molecule has 0 saturated heterocycles. The molecule has 0 fully saturated rings. The Kier molecular flexibility index (Phi) is 3.17. The van der Waals surface area contributed by atoms with Gasteiger partial charge < -0.3 is 11.1 Å². The van der Waals surface area contributed by atoms with E-state index >= 15 is 0 Å². The molecule has 1 aromatic rings. The first-order valence-corrected chi connectivity index (χ1v) is 5.35. The highest BCUT2D eigenvalue weighted by atomic mass is 15.1. The van der Waals surface area contributed by atoms with Crippen LogP contribution in [-0.4, -0.2) is 16.5 Å². The summed E-state index contributed by atoms with van der Waals surface area (Å²) < 4.78 is 0. The minimum Gasteiger partial charge on any atom is -0.370 e. The molecule has 80 valence electrons. The molecule has 1 aliphatic rings. The summed E-state index contributed by atoms with van der Waals surface area (Å²) >= 11 is 0. The first-order chi connectivity index (χ1) is 7.34. The second-order valence-corrected chi connectivity index (χ2v) is 3.73. The third-order valence-corrected chi connectivity index (χ3v) is 2.56. The average molecular weight is 204 g/mol. The third kappa shape index (κ3) is 2.94. The summed E-state index contributed by atoms with van der Waals surface area (Å²) in [5, 5.41) is 3.24. The molecule has 0 saturated carbocycles. The number of hydrogen-bond donors (Lipinski definition) is 2. The molecule has 0 amide bonds. The van der Waals surface area contributed by atoms with Crippen LogP contribution in [0, 0.1) is 0 Å². The highest BCUT2D eigenvalue weighted by Gasteiger charge is 2.03. The summed E-state index contributed by atoms with van der Waals surface area (Å²) in [5.41, 5.74) is 7.04. The zero-order valence-electron chi connectivity index (χ0n) is 8.74. The molecule has 0 unspecified atom stereocenters. The molecule has 4 nitrogen and oxygen atoms in total. The number of allylic oxidation sites excluding steroid dienone is 1. The van der Waals surface area contributed by atoms with Gasteiger partial charge in [0.2, 0.25) is 5.95 Å². The monoisotopic (exact) mass is 204 g/mol. The van der Waals surface area contributed by atoms with E-state index in [4.69, 9.17) is 5.73 Å². The molecule has 1 heterocycles. The predicted octanol–water partition coefficient (Wildman–Crippen LogP) is 1.97. The molecule has 2 rings (SSSR count). The summed E-state index contributed by atoms with van der Waals surface area (Å²) in [6, 6.07) is 1.83. The molecule has 3 N–H and O–H groups in total. The van der Waals surface area contributed by atoms with Gasteiger partial charge in [0.1, 0.15) is 5.82 Å². The summed E-state index contributed by atoms with van der Waals surface area (Å²) in [6.07, 6.45) is 8.93. The van der Waals surface area contributed by atoms with Crippen molar-refractivity contribution in [2.45, 2.75) is 25.7 Å². The quantitative estimate of drug-likeness (QED) is 0.736. The van der Waals surface area contributed by atoms with E-state index in [0.717, 1.165) is 18.8 Å². The van der Waals surface area contributed by atoms with E-state index in [-0.39, 0.29) is 0 Å². The van der Waals surface area contributed by atoms with E-state index in [9.17, 15) is 0 Å². The van der Waals surface area contributed by atoms with Crippen molar-refractivity contribution in [1.82, 2.24) is 9.97 Å². The maximum Gasteiger partial charge on any atom is 0.221 e. The van der Waals surface area contributed by atoms with Gasteiger partial charge in [0, 0.05) is 12.7 Å². The van der Waals surface area contributed by atoms with Gasteiger partial charge in [-0.1, -0.05) is 11.6 Å². The molecule has 1 aromatic heterocycles. The average Bonchev–Trinajstić information content (AvgIpc) is 2.71. The first-order valence-electron chi connectivity index (χ1n) is 5.35. The van der Waals surface area contributed by atoms with Gasteiger partial charge in [0.05, 0.1) is 0 Å². The van der Waals surface area contributed by atoms with Crippen LogP contribution in [0.15, 0.2) is 23.9 Å². The van der Waals surface area contributed by atoms with Crippen LogP contribution >= 0.6 is 0 Å². The highest BCUT2D eigenvalue weighted by molar-refractivity contribution is 5.37. The Labute approximate surface area is 89.6 Å². The highest BCUT2D eigenvalue weighted by Crippen LogP contribution is 2.20. The topological polar surface area (TPSA) is 63.8 Å². The summed E-state index contributed by atoms with van der Waals surface area (Å²) in [5.74, 6) is 1.13. The summed E-state index contributed by atoms with van der Waals surface area (Å²) in [7, 11) is 0. The van der Waals surface area contributed by atoms with Gasteiger partial charge in [-0.05, 0) is 31.7 Å². The Bertz CT molecular complexity index is 359. The summed E-state index contributed by atoms with van der Waals surface area (Å²) in [6.45, 7) is 0.919.